The molecule has 114 valence electrons. The zero-order valence-electron chi connectivity index (χ0n) is 13.7. The van der Waals surface area contributed by atoms with Crippen LogP contribution in [0.2, 0.25) is 0 Å². The minimum absolute atomic E-state index is 0.346. The van der Waals surface area contributed by atoms with Gasteiger partial charge in [0.2, 0.25) is 0 Å². The van der Waals surface area contributed by atoms with Crippen LogP contribution >= 0.6 is 0 Å². The Labute approximate surface area is 120 Å². The Kier molecular flexibility index (Phi) is 7.96. The van der Waals surface area contributed by atoms with Crippen LogP contribution in [0.5, 0.6) is 0 Å². The van der Waals surface area contributed by atoms with E-state index in [0.717, 1.165) is 6.54 Å². The Balaban J connectivity index is 1.98. The van der Waals surface area contributed by atoms with Crippen LogP contribution in [0.3, 0.4) is 0 Å². The van der Waals surface area contributed by atoms with E-state index in [1.54, 1.807) is 0 Å². The first-order valence-electron chi connectivity index (χ1n) is 8.22. The fraction of sp³-hybridized carbons (Fsp3) is 1.00. The molecule has 0 saturated carbocycles. The van der Waals surface area contributed by atoms with E-state index in [1.165, 1.54) is 65.0 Å². The minimum atomic E-state index is 0.346. The molecule has 0 aromatic carbocycles. The molecule has 1 fully saturated rings. The Hall–Kier alpha value is -0.120. The van der Waals surface area contributed by atoms with E-state index in [2.05, 4.69) is 42.8 Å². The maximum absolute atomic E-state index is 3.39. The summed E-state index contributed by atoms with van der Waals surface area (Å²) in [5, 5.41) is 3.39. The largest absolute Gasteiger partial charge is 0.317 e. The summed E-state index contributed by atoms with van der Waals surface area (Å²) in [6.45, 7) is 17.8. The molecule has 0 radical (unpaired) electrons. The molecular formula is C16H35N3. The van der Waals surface area contributed by atoms with Gasteiger partial charge in [0.15, 0.2) is 0 Å². The molecule has 0 amide bonds. The Bertz CT molecular complexity index is 215. The summed E-state index contributed by atoms with van der Waals surface area (Å²) in [7, 11) is 0. The third kappa shape index (κ3) is 7.28. The van der Waals surface area contributed by atoms with Crippen molar-refractivity contribution in [2.24, 2.45) is 0 Å². The van der Waals surface area contributed by atoms with Crippen LogP contribution in [0.25, 0.3) is 0 Å². The maximum Gasteiger partial charge on any atom is 0.0126 e. The van der Waals surface area contributed by atoms with Crippen LogP contribution in [0.1, 0.15) is 53.4 Å². The number of rotatable bonds is 8. The molecule has 1 saturated heterocycles. The standard InChI is InChI=1S/C16H35N3/c1-5-17-10-8-6-7-9-11-18-12-14-19(15-13-18)16(2,3)4/h17H,5-15H2,1-4H3. The fourth-order valence-electron chi connectivity index (χ4n) is 2.76. The molecule has 0 unspecified atom stereocenters. The number of nitrogens with one attached hydrogen (secondary N) is 1. The molecule has 0 aliphatic carbocycles. The van der Waals surface area contributed by atoms with Crippen LogP contribution in [0.4, 0.5) is 0 Å². The quantitative estimate of drug-likeness (QED) is 0.683. The summed E-state index contributed by atoms with van der Waals surface area (Å²) in [4.78, 5) is 5.26. The van der Waals surface area contributed by atoms with Crippen molar-refractivity contribution in [3.05, 3.63) is 0 Å². The summed E-state index contributed by atoms with van der Waals surface area (Å²) in [5.74, 6) is 0. The van der Waals surface area contributed by atoms with Gasteiger partial charge in [-0.2, -0.15) is 0 Å². The van der Waals surface area contributed by atoms with Crippen molar-refractivity contribution in [2.45, 2.75) is 58.9 Å². The van der Waals surface area contributed by atoms with Gasteiger partial charge in [-0.15, -0.1) is 0 Å². The highest BCUT2D eigenvalue weighted by molar-refractivity contribution is 4.81. The fourth-order valence-corrected chi connectivity index (χ4v) is 2.76. The van der Waals surface area contributed by atoms with Gasteiger partial charge >= 0.3 is 0 Å². The van der Waals surface area contributed by atoms with Crippen LogP contribution < -0.4 is 5.32 Å². The first-order chi connectivity index (χ1) is 9.04. The second-order valence-electron chi connectivity index (χ2n) is 6.77. The highest BCUT2D eigenvalue weighted by atomic mass is 15.3. The van der Waals surface area contributed by atoms with E-state index in [-0.39, 0.29) is 0 Å². The minimum Gasteiger partial charge on any atom is -0.317 e. The lowest BCUT2D eigenvalue weighted by molar-refractivity contribution is 0.0616. The lowest BCUT2D eigenvalue weighted by Gasteiger charge is -2.42. The summed E-state index contributed by atoms with van der Waals surface area (Å²) < 4.78 is 0. The van der Waals surface area contributed by atoms with E-state index in [9.17, 15) is 0 Å². The average Bonchev–Trinajstić information content (AvgIpc) is 2.37. The van der Waals surface area contributed by atoms with Gasteiger partial charge in [0.05, 0.1) is 0 Å². The topological polar surface area (TPSA) is 18.5 Å². The number of hydrogen-bond acceptors (Lipinski definition) is 3. The Morgan fingerprint density at radius 3 is 2.11 bits per heavy atom. The van der Waals surface area contributed by atoms with E-state index >= 15 is 0 Å². The van der Waals surface area contributed by atoms with E-state index in [1.807, 2.05) is 0 Å². The molecule has 19 heavy (non-hydrogen) atoms. The van der Waals surface area contributed by atoms with Crippen molar-refractivity contribution in [3.63, 3.8) is 0 Å². The highest BCUT2D eigenvalue weighted by Crippen LogP contribution is 2.16. The molecule has 0 atom stereocenters. The van der Waals surface area contributed by atoms with E-state index < -0.39 is 0 Å². The molecule has 1 aliphatic rings. The average molecular weight is 269 g/mol. The van der Waals surface area contributed by atoms with E-state index in [0.29, 0.717) is 5.54 Å². The lowest BCUT2D eigenvalue weighted by atomic mass is 10.0. The lowest BCUT2D eigenvalue weighted by Crippen LogP contribution is -2.53. The molecular weight excluding hydrogens is 234 g/mol. The first kappa shape index (κ1) is 16.9. The Morgan fingerprint density at radius 2 is 1.53 bits per heavy atom. The van der Waals surface area contributed by atoms with Gasteiger partial charge < -0.3 is 10.2 Å². The maximum atomic E-state index is 3.39. The molecule has 1 heterocycles. The van der Waals surface area contributed by atoms with Crippen molar-refractivity contribution in [3.8, 4) is 0 Å². The third-order valence-corrected chi connectivity index (χ3v) is 4.15. The van der Waals surface area contributed by atoms with Gasteiger partial charge in [0.1, 0.15) is 0 Å². The van der Waals surface area contributed by atoms with Crippen molar-refractivity contribution >= 4 is 0 Å². The normalized spacial score (nSPS) is 18.9. The van der Waals surface area contributed by atoms with Crippen LogP contribution in [-0.4, -0.2) is 61.2 Å². The number of unbranched alkanes of at least 4 members (excludes halogenated alkanes) is 3. The van der Waals surface area contributed by atoms with Crippen molar-refractivity contribution in [2.75, 3.05) is 45.8 Å². The molecule has 1 rings (SSSR count). The SMILES string of the molecule is CCNCCCCCCN1CCN(C(C)(C)C)CC1. The molecule has 3 nitrogen and oxygen atoms in total. The van der Waals surface area contributed by atoms with E-state index in [4.69, 9.17) is 0 Å². The van der Waals surface area contributed by atoms with Crippen LogP contribution in [0, 0.1) is 0 Å². The highest BCUT2D eigenvalue weighted by Gasteiger charge is 2.25. The summed E-state index contributed by atoms with van der Waals surface area (Å²) in [5.41, 5.74) is 0.346. The second-order valence-corrected chi connectivity index (χ2v) is 6.77. The van der Waals surface area contributed by atoms with Gasteiger partial charge in [-0.25, -0.2) is 0 Å². The number of piperazine rings is 1. The predicted octanol–water partition coefficient (Wildman–Crippen LogP) is 2.57. The molecule has 0 aromatic heterocycles. The smallest absolute Gasteiger partial charge is 0.0126 e. The van der Waals surface area contributed by atoms with Gasteiger partial charge in [0, 0.05) is 31.7 Å². The van der Waals surface area contributed by atoms with Gasteiger partial charge in [0.25, 0.3) is 0 Å². The zero-order chi connectivity index (χ0) is 14.1. The second kappa shape index (κ2) is 8.93. The number of hydrogen-bond donors (Lipinski definition) is 1. The summed E-state index contributed by atoms with van der Waals surface area (Å²) in [6.07, 6.45) is 5.49. The molecule has 0 bridgehead atoms. The summed E-state index contributed by atoms with van der Waals surface area (Å²) in [6, 6.07) is 0. The van der Waals surface area contributed by atoms with Gasteiger partial charge in [-0.05, 0) is 53.2 Å². The van der Waals surface area contributed by atoms with Gasteiger partial charge in [-0.1, -0.05) is 19.8 Å². The first-order valence-corrected chi connectivity index (χ1v) is 8.22. The molecule has 0 aromatic rings. The number of nitrogens with zero attached hydrogens (tertiary/aromatic N) is 2. The molecule has 0 spiro atoms. The van der Waals surface area contributed by atoms with Crippen LogP contribution in [0.15, 0.2) is 0 Å². The van der Waals surface area contributed by atoms with Crippen molar-refractivity contribution in [1.82, 2.24) is 15.1 Å². The van der Waals surface area contributed by atoms with Gasteiger partial charge in [-0.3, -0.25) is 4.90 Å². The third-order valence-electron chi connectivity index (χ3n) is 4.15. The Morgan fingerprint density at radius 1 is 0.895 bits per heavy atom. The van der Waals surface area contributed by atoms with Crippen LogP contribution in [-0.2, 0) is 0 Å². The predicted molar refractivity (Wildman–Crippen MR) is 84.8 cm³/mol. The summed E-state index contributed by atoms with van der Waals surface area (Å²) >= 11 is 0. The zero-order valence-corrected chi connectivity index (χ0v) is 13.7. The molecule has 1 aliphatic heterocycles. The van der Waals surface area contributed by atoms with Crippen molar-refractivity contribution in [1.29, 1.82) is 0 Å². The molecule has 3 heteroatoms. The molecule has 1 N–H and O–H groups in total. The monoisotopic (exact) mass is 269 g/mol. The van der Waals surface area contributed by atoms with Crippen molar-refractivity contribution < 1.29 is 0 Å².